The van der Waals surface area contributed by atoms with Crippen LogP contribution >= 0.6 is 0 Å². The molecule has 4 N–H and O–H groups in total. The van der Waals surface area contributed by atoms with Gasteiger partial charge in [0.05, 0.1) is 11.7 Å². The molecule has 1 heterocycles. The van der Waals surface area contributed by atoms with Crippen molar-refractivity contribution in [3.8, 4) is 11.5 Å². The monoisotopic (exact) mass is 266 g/mol. The van der Waals surface area contributed by atoms with Crippen molar-refractivity contribution in [2.24, 2.45) is 5.73 Å². The maximum absolute atomic E-state index is 12.1. The Hall–Kier alpha value is -1.79. The molecule has 1 aromatic carbocycles. The van der Waals surface area contributed by atoms with Crippen LogP contribution in [0.4, 0.5) is 0 Å². The van der Waals surface area contributed by atoms with E-state index >= 15 is 0 Å². The van der Waals surface area contributed by atoms with E-state index in [0.29, 0.717) is 30.3 Å². The van der Waals surface area contributed by atoms with Gasteiger partial charge in [0.15, 0.2) is 11.5 Å². The Labute approximate surface area is 111 Å². The number of amides is 1. The standard InChI is InChI=1S/C13H18N2O4/c1-8(16)10(14)7-15-13(17)9-3-2-4-11-12(9)19-6-5-18-11/h2-4,8,10,16H,5-7,14H2,1H3,(H,15,17). The number of nitrogens with one attached hydrogen (secondary N) is 1. The minimum absolute atomic E-state index is 0.195. The highest BCUT2D eigenvalue weighted by Crippen LogP contribution is 2.33. The predicted molar refractivity (Wildman–Crippen MR) is 69.4 cm³/mol. The van der Waals surface area contributed by atoms with Gasteiger partial charge in [0.1, 0.15) is 13.2 Å². The fourth-order valence-electron chi connectivity index (χ4n) is 1.73. The number of hydrogen-bond acceptors (Lipinski definition) is 5. The van der Waals surface area contributed by atoms with Gasteiger partial charge in [0.25, 0.3) is 5.91 Å². The lowest BCUT2D eigenvalue weighted by molar-refractivity contribution is 0.0926. The first-order chi connectivity index (χ1) is 9.09. The lowest BCUT2D eigenvalue weighted by Crippen LogP contribution is -2.43. The van der Waals surface area contributed by atoms with Gasteiger partial charge in [-0.15, -0.1) is 0 Å². The number of carbonyl (C=O) groups excluding carboxylic acids is 1. The molecule has 19 heavy (non-hydrogen) atoms. The number of benzene rings is 1. The molecule has 0 radical (unpaired) electrons. The second-order valence-corrected chi connectivity index (χ2v) is 4.44. The third-order valence-electron chi connectivity index (χ3n) is 2.93. The number of aliphatic hydroxyl groups excluding tert-OH is 1. The van der Waals surface area contributed by atoms with Crippen molar-refractivity contribution < 1.29 is 19.4 Å². The number of hydrogen-bond donors (Lipinski definition) is 3. The quantitative estimate of drug-likeness (QED) is 0.707. The van der Waals surface area contributed by atoms with E-state index in [2.05, 4.69) is 5.32 Å². The minimum atomic E-state index is -0.676. The summed E-state index contributed by atoms with van der Waals surface area (Å²) >= 11 is 0. The number of fused-ring (bicyclic) bond motifs is 1. The summed E-state index contributed by atoms with van der Waals surface area (Å²) in [5, 5.41) is 11.9. The Morgan fingerprint density at radius 2 is 2.21 bits per heavy atom. The molecule has 0 aliphatic carbocycles. The Bertz CT molecular complexity index is 462. The van der Waals surface area contributed by atoms with Crippen LogP contribution in [-0.2, 0) is 0 Å². The Balaban J connectivity index is 2.07. The third kappa shape index (κ3) is 3.15. The smallest absolute Gasteiger partial charge is 0.255 e. The fraction of sp³-hybridized carbons (Fsp3) is 0.462. The van der Waals surface area contributed by atoms with Crippen LogP contribution in [-0.4, -0.2) is 42.9 Å². The number of rotatable bonds is 4. The van der Waals surface area contributed by atoms with Crippen LogP contribution in [0.5, 0.6) is 11.5 Å². The van der Waals surface area contributed by atoms with E-state index in [9.17, 15) is 9.90 Å². The zero-order valence-electron chi connectivity index (χ0n) is 10.8. The normalized spacial score (nSPS) is 16.6. The maximum Gasteiger partial charge on any atom is 0.255 e. The van der Waals surface area contributed by atoms with Gasteiger partial charge in [-0.1, -0.05) is 6.07 Å². The number of para-hydroxylation sites is 1. The average Bonchev–Trinajstić information content (AvgIpc) is 2.43. The van der Waals surface area contributed by atoms with Crippen LogP contribution in [0, 0.1) is 0 Å². The molecule has 2 unspecified atom stereocenters. The van der Waals surface area contributed by atoms with Crippen molar-refractivity contribution >= 4 is 5.91 Å². The molecule has 1 aliphatic rings. The largest absolute Gasteiger partial charge is 0.486 e. The molecule has 2 rings (SSSR count). The van der Waals surface area contributed by atoms with Gasteiger partial charge in [0, 0.05) is 12.6 Å². The maximum atomic E-state index is 12.1. The van der Waals surface area contributed by atoms with Crippen molar-refractivity contribution in [1.82, 2.24) is 5.32 Å². The molecule has 0 spiro atoms. The SMILES string of the molecule is CC(O)C(N)CNC(=O)c1cccc2c1OCCO2. The molecule has 6 heteroatoms. The van der Waals surface area contributed by atoms with Gasteiger partial charge in [-0.3, -0.25) is 4.79 Å². The van der Waals surface area contributed by atoms with E-state index in [0.717, 1.165) is 0 Å². The molecule has 2 atom stereocenters. The highest BCUT2D eigenvalue weighted by Gasteiger charge is 2.20. The Morgan fingerprint density at radius 3 is 2.95 bits per heavy atom. The van der Waals surface area contributed by atoms with Crippen LogP contribution in [0.3, 0.4) is 0 Å². The Kier molecular flexibility index (Phi) is 4.24. The summed E-state index contributed by atoms with van der Waals surface area (Å²) in [6.07, 6.45) is -0.676. The molecule has 0 bridgehead atoms. The molecule has 0 aromatic heterocycles. The summed E-state index contributed by atoms with van der Waals surface area (Å²) in [5.41, 5.74) is 6.07. The summed E-state index contributed by atoms with van der Waals surface area (Å²) in [4.78, 5) is 12.1. The molecule has 1 aliphatic heterocycles. The average molecular weight is 266 g/mol. The molecule has 104 valence electrons. The molecule has 1 aromatic rings. The fourth-order valence-corrected chi connectivity index (χ4v) is 1.73. The van der Waals surface area contributed by atoms with Gasteiger partial charge in [-0.25, -0.2) is 0 Å². The highest BCUT2D eigenvalue weighted by atomic mass is 16.6. The molecule has 0 saturated heterocycles. The summed E-state index contributed by atoms with van der Waals surface area (Å²) in [6.45, 7) is 2.68. The first-order valence-corrected chi connectivity index (χ1v) is 6.20. The molecule has 0 saturated carbocycles. The lowest BCUT2D eigenvalue weighted by Gasteiger charge is -2.21. The van der Waals surface area contributed by atoms with E-state index in [4.69, 9.17) is 15.2 Å². The van der Waals surface area contributed by atoms with Crippen LogP contribution in [0.1, 0.15) is 17.3 Å². The van der Waals surface area contributed by atoms with E-state index < -0.39 is 12.1 Å². The third-order valence-corrected chi connectivity index (χ3v) is 2.93. The van der Waals surface area contributed by atoms with Crippen molar-refractivity contribution in [1.29, 1.82) is 0 Å². The van der Waals surface area contributed by atoms with Crippen molar-refractivity contribution in [3.05, 3.63) is 23.8 Å². The topological polar surface area (TPSA) is 93.8 Å². The summed E-state index contributed by atoms with van der Waals surface area (Å²) in [5.74, 6) is 0.731. The number of aliphatic hydroxyl groups is 1. The zero-order chi connectivity index (χ0) is 13.8. The van der Waals surface area contributed by atoms with Crippen LogP contribution in [0.2, 0.25) is 0 Å². The van der Waals surface area contributed by atoms with Gasteiger partial charge in [-0.05, 0) is 19.1 Å². The number of ether oxygens (including phenoxy) is 2. The number of nitrogens with two attached hydrogens (primary N) is 1. The van der Waals surface area contributed by atoms with Gasteiger partial charge < -0.3 is 25.6 Å². The van der Waals surface area contributed by atoms with E-state index in [1.165, 1.54) is 0 Å². The number of carbonyl (C=O) groups is 1. The predicted octanol–water partition coefficient (Wildman–Crippen LogP) is -0.104. The van der Waals surface area contributed by atoms with Gasteiger partial charge in [-0.2, -0.15) is 0 Å². The van der Waals surface area contributed by atoms with Crippen molar-refractivity contribution in [2.75, 3.05) is 19.8 Å². The molecule has 0 fully saturated rings. The molecule has 6 nitrogen and oxygen atoms in total. The van der Waals surface area contributed by atoms with Crippen LogP contribution in [0.15, 0.2) is 18.2 Å². The summed E-state index contributed by atoms with van der Waals surface area (Å²) in [7, 11) is 0. The van der Waals surface area contributed by atoms with E-state index in [1.807, 2.05) is 0 Å². The minimum Gasteiger partial charge on any atom is -0.486 e. The Morgan fingerprint density at radius 1 is 1.47 bits per heavy atom. The van der Waals surface area contributed by atoms with Crippen LogP contribution < -0.4 is 20.5 Å². The van der Waals surface area contributed by atoms with Crippen molar-refractivity contribution in [2.45, 2.75) is 19.1 Å². The van der Waals surface area contributed by atoms with Crippen LogP contribution in [0.25, 0.3) is 0 Å². The van der Waals surface area contributed by atoms with E-state index in [-0.39, 0.29) is 12.5 Å². The molecule has 1 amide bonds. The first-order valence-electron chi connectivity index (χ1n) is 6.20. The first kappa shape index (κ1) is 13.6. The van der Waals surface area contributed by atoms with Crippen molar-refractivity contribution in [3.63, 3.8) is 0 Å². The summed E-state index contributed by atoms with van der Waals surface area (Å²) in [6, 6.07) is 4.65. The van der Waals surface area contributed by atoms with Gasteiger partial charge >= 0.3 is 0 Å². The second kappa shape index (κ2) is 5.90. The zero-order valence-corrected chi connectivity index (χ0v) is 10.8. The highest BCUT2D eigenvalue weighted by molar-refractivity contribution is 5.97. The molecular formula is C13H18N2O4. The second-order valence-electron chi connectivity index (χ2n) is 4.44. The molecular weight excluding hydrogens is 248 g/mol. The van der Waals surface area contributed by atoms with E-state index in [1.54, 1.807) is 25.1 Å². The van der Waals surface area contributed by atoms with Gasteiger partial charge in [0.2, 0.25) is 0 Å². The summed E-state index contributed by atoms with van der Waals surface area (Å²) < 4.78 is 10.9. The lowest BCUT2D eigenvalue weighted by atomic mass is 10.1.